The van der Waals surface area contributed by atoms with Crippen LogP contribution in [0.3, 0.4) is 0 Å². The molecular formula is C19H18N2O3S. The second-order valence-electron chi connectivity index (χ2n) is 5.43. The van der Waals surface area contributed by atoms with Crippen molar-refractivity contribution in [2.75, 3.05) is 14.2 Å². The van der Waals surface area contributed by atoms with Crippen LogP contribution in [0, 0.1) is 6.92 Å². The number of nitrogens with zero attached hydrogens (tertiary/aromatic N) is 1. The molecule has 6 heteroatoms. The number of methoxy groups -OCH3 is 2. The number of nitrogens with one attached hydrogen (secondary N) is 1. The number of amidine groups is 1. The molecule has 2 aromatic carbocycles. The van der Waals surface area contributed by atoms with Crippen LogP contribution in [0.4, 0.5) is 5.69 Å². The normalized spacial score (nSPS) is 17.0. The summed E-state index contributed by atoms with van der Waals surface area (Å²) < 4.78 is 10.5. The van der Waals surface area contributed by atoms with Crippen molar-refractivity contribution in [1.29, 1.82) is 0 Å². The number of aryl methyl sites for hydroxylation is 1. The number of hydrogen-bond acceptors (Lipinski definition) is 5. The van der Waals surface area contributed by atoms with E-state index in [0.29, 0.717) is 21.6 Å². The molecule has 25 heavy (non-hydrogen) atoms. The number of amides is 1. The molecule has 1 amide bonds. The van der Waals surface area contributed by atoms with E-state index in [1.165, 1.54) is 17.3 Å². The van der Waals surface area contributed by atoms with Crippen LogP contribution in [-0.4, -0.2) is 25.3 Å². The van der Waals surface area contributed by atoms with Gasteiger partial charge in [-0.25, -0.2) is 4.99 Å². The Morgan fingerprint density at radius 2 is 1.76 bits per heavy atom. The third kappa shape index (κ3) is 4.03. The molecule has 128 valence electrons. The number of benzene rings is 2. The van der Waals surface area contributed by atoms with Crippen LogP contribution < -0.4 is 14.8 Å². The lowest BCUT2D eigenvalue weighted by Crippen LogP contribution is -2.19. The van der Waals surface area contributed by atoms with Gasteiger partial charge in [-0.2, -0.15) is 0 Å². The van der Waals surface area contributed by atoms with Gasteiger partial charge in [-0.3, -0.25) is 4.79 Å². The molecule has 0 radical (unpaired) electrons. The lowest BCUT2D eigenvalue weighted by atomic mass is 10.2. The monoisotopic (exact) mass is 354 g/mol. The van der Waals surface area contributed by atoms with E-state index in [4.69, 9.17) is 9.47 Å². The molecule has 0 atom stereocenters. The third-order valence-corrected chi connectivity index (χ3v) is 4.53. The molecule has 1 N–H and O–H groups in total. The lowest BCUT2D eigenvalue weighted by molar-refractivity contribution is -0.115. The maximum absolute atomic E-state index is 12.2. The third-order valence-electron chi connectivity index (χ3n) is 3.62. The number of thioether (sulfide) groups is 1. The Morgan fingerprint density at radius 3 is 2.44 bits per heavy atom. The first-order valence-electron chi connectivity index (χ1n) is 7.67. The highest BCUT2D eigenvalue weighted by molar-refractivity contribution is 8.18. The zero-order chi connectivity index (χ0) is 17.8. The van der Waals surface area contributed by atoms with Crippen molar-refractivity contribution in [3.63, 3.8) is 0 Å². The first-order valence-corrected chi connectivity index (χ1v) is 8.49. The fourth-order valence-corrected chi connectivity index (χ4v) is 3.15. The molecule has 0 spiro atoms. The Hall–Kier alpha value is -2.73. The van der Waals surface area contributed by atoms with Gasteiger partial charge >= 0.3 is 0 Å². The van der Waals surface area contributed by atoms with Gasteiger partial charge in [0.05, 0.1) is 24.8 Å². The summed E-state index contributed by atoms with van der Waals surface area (Å²) >= 11 is 1.31. The molecule has 2 aromatic rings. The summed E-state index contributed by atoms with van der Waals surface area (Å²) in [5.41, 5.74) is 2.83. The smallest absolute Gasteiger partial charge is 0.264 e. The van der Waals surface area contributed by atoms with Gasteiger partial charge in [-0.1, -0.05) is 23.8 Å². The van der Waals surface area contributed by atoms with Crippen LogP contribution in [-0.2, 0) is 4.79 Å². The van der Waals surface area contributed by atoms with Gasteiger partial charge in [0.1, 0.15) is 0 Å². The van der Waals surface area contributed by atoms with Crippen molar-refractivity contribution < 1.29 is 14.3 Å². The molecule has 0 unspecified atom stereocenters. The van der Waals surface area contributed by atoms with E-state index in [-0.39, 0.29) is 5.91 Å². The predicted octanol–water partition coefficient (Wildman–Crippen LogP) is 3.90. The fraction of sp³-hybridized carbons (Fsp3) is 0.158. The molecule has 5 nitrogen and oxygen atoms in total. The van der Waals surface area contributed by atoms with Crippen LogP contribution >= 0.6 is 11.8 Å². The minimum atomic E-state index is -0.161. The molecule has 1 heterocycles. The predicted molar refractivity (Wildman–Crippen MR) is 102 cm³/mol. The van der Waals surface area contributed by atoms with Crippen molar-refractivity contribution >= 4 is 34.6 Å². The van der Waals surface area contributed by atoms with Crippen molar-refractivity contribution in [1.82, 2.24) is 5.32 Å². The molecule has 0 bridgehead atoms. The van der Waals surface area contributed by atoms with Gasteiger partial charge in [0.15, 0.2) is 16.7 Å². The number of aliphatic imine (C=N–C) groups is 1. The second-order valence-corrected chi connectivity index (χ2v) is 6.46. The number of rotatable bonds is 4. The van der Waals surface area contributed by atoms with E-state index in [1.54, 1.807) is 20.3 Å². The Morgan fingerprint density at radius 1 is 1.04 bits per heavy atom. The van der Waals surface area contributed by atoms with Crippen LogP contribution in [0.1, 0.15) is 11.1 Å². The van der Waals surface area contributed by atoms with Gasteiger partial charge in [0, 0.05) is 0 Å². The Bertz CT molecular complexity index is 857. The number of hydrogen-bond donors (Lipinski definition) is 1. The Balaban J connectivity index is 1.83. The molecule has 0 saturated carbocycles. The molecule has 1 aliphatic rings. The maximum atomic E-state index is 12.2. The minimum Gasteiger partial charge on any atom is -0.493 e. The standard InChI is InChI=1S/C19H18N2O3S/c1-12-4-7-14(8-5-12)20-19-21-18(22)17(25-19)11-13-6-9-15(23-2)16(10-13)24-3/h4-11H,1-3H3,(H,20,21,22). The minimum absolute atomic E-state index is 0.161. The first kappa shape index (κ1) is 17.1. The highest BCUT2D eigenvalue weighted by Crippen LogP contribution is 2.32. The van der Waals surface area contributed by atoms with E-state index in [9.17, 15) is 4.79 Å². The lowest BCUT2D eigenvalue weighted by Gasteiger charge is -2.07. The topological polar surface area (TPSA) is 59.9 Å². The first-order chi connectivity index (χ1) is 12.1. The van der Waals surface area contributed by atoms with Gasteiger partial charge < -0.3 is 14.8 Å². The largest absolute Gasteiger partial charge is 0.493 e. The number of carbonyl (C=O) groups excluding carboxylic acids is 1. The Kier molecular flexibility index (Phi) is 5.09. The second kappa shape index (κ2) is 7.44. The van der Waals surface area contributed by atoms with Crippen LogP contribution in [0.5, 0.6) is 11.5 Å². The SMILES string of the molecule is COc1ccc(C=C2SC(=Nc3ccc(C)cc3)NC2=O)cc1OC. The summed E-state index contributed by atoms with van der Waals surface area (Å²) in [6.07, 6.45) is 1.81. The van der Waals surface area contributed by atoms with Gasteiger partial charge in [0.25, 0.3) is 5.91 Å². The average Bonchev–Trinajstić information content (AvgIpc) is 2.96. The van der Waals surface area contributed by atoms with Gasteiger partial charge in [0.2, 0.25) is 0 Å². The maximum Gasteiger partial charge on any atom is 0.264 e. The molecule has 3 rings (SSSR count). The van der Waals surface area contributed by atoms with Crippen LogP contribution in [0.15, 0.2) is 52.4 Å². The van der Waals surface area contributed by atoms with E-state index < -0.39 is 0 Å². The number of ether oxygens (including phenoxy) is 2. The fourth-order valence-electron chi connectivity index (χ4n) is 2.31. The zero-order valence-electron chi connectivity index (χ0n) is 14.2. The molecule has 1 saturated heterocycles. The quantitative estimate of drug-likeness (QED) is 0.846. The number of carbonyl (C=O) groups is 1. The molecule has 1 fully saturated rings. The molecular weight excluding hydrogens is 336 g/mol. The van der Waals surface area contributed by atoms with Gasteiger partial charge in [-0.05, 0) is 54.6 Å². The van der Waals surface area contributed by atoms with Crippen LogP contribution in [0.25, 0.3) is 6.08 Å². The van der Waals surface area contributed by atoms with E-state index in [0.717, 1.165) is 11.3 Å². The van der Waals surface area contributed by atoms with E-state index >= 15 is 0 Å². The highest BCUT2D eigenvalue weighted by atomic mass is 32.2. The van der Waals surface area contributed by atoms with Crippen molar-refractivity contribution in [3.05, 3.63) is 58.5 Å². The summed E-state index contributed by atoms with van der Waals surface area (Å²) in [6.45, 7) is 2.02. The summed E-state index contributed by atoms with van der Waals surface area (Å²) in [5.74, 6) is 1.11. The van der Waals surface area contributed by atoms with Gasteiger partial charge in [-0.15, -0.1) is 0 Å². The molecule has 0 aliphatic carbocycles. The summed E-state index contributed by atoms with van der Waals surface area (Å²) in [6, 6.07) is 13.3. The van der Waals surface area contributed by atoms with Crippen molar-refractivity contribution in [2.24, 2.45) is 4.99 Å². The average molecular weight is 354 g/mol. The zero-order valence-corrected chi connectivity index (χ0v) is 15.0. The van der Waals surface area contributed by atoms with Crippen LogP contribution in [0.2, 0.25) is 0 Å². The summed E-state index contributed by atoms with van der Waals surface area (Å²) in [7, 11) is 3.17. The van der Waals surface area contributed by atoms with Crippen molar-refractivity contribution in [2.45, 2.75) is 6.92 Å². The summed E-state index contributed by atoms with van der Waals surface area (Å²) in [5, 5.41) is 3.36. The molecule has 0 aromatic heterocycles. The van der Waals surface area contributed by atoms with E-state index in [2.05, 4.69) is 10.3 Å². The van der Waals surface area contributed by atoms with Crippen molar-refractivity contribution in [3.8, 4) is 11.5 Å². The highest BCUT2D eigenvalue weighted by Gasteiger charge is 2.23. The molecule has 1 aliphatic heterocycles. The summed E-state index contributed by atoms with van der Waals surface area (Å²) in [4.78, 5) is 17.2. The Labute approximate surface area is 150 Å². The van der Waals surface area contributed by atoms with E-state index in [1.807, 2.05) is 49.4 Å².